The zero-order chi connectivity index (χ0) is 16.2. The summed E-state index contributed by atoms with van der Waals surface area (Å²) in [5.74, 6) is -0.658. The molecular formula is C15H23ClN2O4S. The van der Waals surface area contributed by atoms with Crippen molar-refractivity contribution in [2.45, 2.75) is 24.7 Å². The highest BCUT2D eigenvalue weighted by atomic mass is 35.5. The largest absolute Gasteiger partial charge is 0.465 e. The van der Waals surface area contributed by atoms with Gasteiger partial charge in [0.25, 0.3) is 0 Å². The van der Waals surface area contributed by atoms with Crippen LogP contribution in [0, 0.1) is 5.41 Å². The molecule has 8 heteroatoms. The number of hydrogen-bond donors (Lipinski definition) is 2. The van der Waals surface area contributed by atoms with E-state index in [0.717, 1.165) is 25.9 Å². The van der Waals surface area contributed by atoms with Gasteiger partial charge in [-0.1, -0.05) is 19.1 Å². The highest BCUT2D eigenvalue weighted by molar-refractivity contribution is 7.89. The second-order valence-corrected chi connectivity index (χ2v) is 7.61. The van der Waals surface area contributed by atoms with Crippen LogP contribution >= 0.6 is 12.4 Å². The molecule has 0 saturated carbocycles. The van der Waals surface area contributed by atoms with Crippen molar-refractivity contribution in [3.63, 3.8) is 0 Å². The number of nitrogens with one attached hydrogen (secondary N) is 2. The SMILES string of the molecule is COC(=O)c1ccccc1S(=O)(=O)NCC1(C)CCNCC1.Cl. The number of methoxy groups -OCH3 is 1. The van der Waals surface area contributed by atoms with Gasteiger partial charge < -0.3 is 10.1 Å². The van der Waals surface area contributed by atoms with Crippen molar-refractivity contribution in [2.24, 2.45) is 5.41 Å². The van der Waals surface area contributed by atoms with Crippen molar-refractivity contribution in [1.29, 1.82) is 0 Å². The first-order valence-corrected chi connectivity index (χ1v) is 8.74. The Balaban J connectivity index is 0.00000264. The van der Waals surface area contributed by atoms with E-state index < -0.39 is 16.0 Å². The van der Waals surface area contributed by atoms with E-state index in [-0.39, 0.29) is 28.3 Å². The molecular weight excluding hydrogens is 340 g/mol. The van der Waals surface area contributed by atoms with Gasteiger partial charge in [0.15, 0.2) is 0 Å². The van der Waals surface area contributed by atoms with E-state index in [0.29, 0.717) is 6.54 Å². The minimum absolute atomic E-state index is 0. The Bertz CT molecular complexity index is 643. The number of rotatable bonds is 5. The van der Waals surface area contributed by atoms with E-state index in [4.69, 9.17) is 0 Å². The number of ether oxygens (including phenoxy) is 1. The predicted octanol–water partition coefficient (Wildman–Crippen LogP) is 1.56. The zero-order valence-electron chi connectivity index (χ0n) is 13.3. The average molecular weight is 363 g/mol. The maximum absolute atomic E-state index is 12.5. The highest BCUT2D eigenvalue weighted by Crippen LogP contribution is 2.27. The first-order valence-electron chi connectivity index (χ1n) is 7.26. The first-order chi connectivity index (χ1) is 10.4. The minimum atomic E-state index is -3.75. The molecule has 1 aliphatic heterocycles. The lowest BCUT2D eigenvalue weighted by Crippen LogP contribution is -2.43. The fourth-order valence-electron chi connectivity index (χ4n) is 2.53. The molecule has 23 heavy (non-hydrogen) atoms. The standard InChI is InChI=1S/C15H22N2O4S.ClH/c1-15(7-9-16-10-8-15)11-17-22(19,20)13-6-4-3-5-12(13)14(18)21-2;/h3-6,16-17H,7-11H2,1-2H3;1H. The van der Waals surface area contributed by atoms with E-state index in [1.54, 1.807) is 12.1 Å². The molecule has 1 aromatic rings. The molecule has 1 aliphatic rings. The molecule has 0 radical (unpaired) electrons. The van der Waals surface area contributed by atoms with Crippen molar-refractivity contribution in [3.8, 4) is 0 Å². The lowest BCUT2D eigenvalue weighted by Gasteiger charge is -2.34. The van der Waals surface area contributed by atoms with Crippen molar-refractivity contribution in [2.75, 3.05) is 26.7 Å². The molecule has 1 fully saturated rings. The third-order valence-corrected chi connectivity index (χ3v) is 5.54. The summed E-state index contributed by atoms with van der Waals surface area (Å²) in [6.45, 7) is 4.20. The fourth-order valence-corrected chi connectivity index (χ4v) is 3.93. The molecule has 0 spiro atoms. The number of halogens is 1. The molecule has 0 aromatic heterocycles. The van der Waals surface area contributed by atoms with Crippen molar-refractivity contribution in [3.05, 3.63) is 29.8 Å². The van der Waals surface area contributed by atoms with Crippen LogP contribution < -0.4 is 10.0 Å². The van der Waals surface area contributed by atoms with Gasteiger partial charge in [-0.3, -0.25) is 0 Å². The molecule has 1 aromatic carbocycles. The molecule has 0 amide bonds. The second kappa shape index (κ2) is 8.10. The third kappa shape index (κ3) is 4.91. The van der Waals surface area contributed by atoms with Gasteiger partial charge in [0.05, 0.1) is 17.6 Å². The number of hydrogen-bond acceptors (Lipinski definition) is 5. The lowest BCUT2D eigenvalue weighted by molar-refractivity contribution is 0.0596. The van der Waals surface area contributed by atoms with Crippen LogP contribution in [-0.2, 0) is 14.8 Å². The molecule has 2 rings (SSSR count). The molecule has 0 aliphatic carbocycles. The van der Waals surface area contributed by atoms with Gasteiger partial charge in [-0.05, 0) is 43.5 Å². The molecule has 2 N–H and O–H groups in total. The van der Waals surface area contributed by atoms with Crippen LogP contribution in [0.5, 0.6) is 0 Å². The van der Waals surface area contributed by atoms with E-state index in [1.165, 1.54) is 19.2 Å². The topological polar surface area (TPSA) is 84.5 Å². The maximum atomic E-state index is 12.5. The van der Waals surface area contributed by atoms with Gasteiger partial charge in [0, 0.05) is 6.54 Å². The fraction of sp³-hybridized carbons (Fsp3) is 0.533. The minimum Gasteiger partial charge on any atom is -0.465 e. The average Bonchev–Trinajstić information content (AvgIpc) is 2.53. The molecule has 0 unspecified atom stereocenters. The van der Waals surface area contributed by atoms with E-state index in [9.17, 15) is 13.2 Å². The molecule has 0 bridgehead atoms. The highest BCUT2D eigenvalue weighted by Gasteiger charge is 2.30. The summed E-state index contributed by atoms with van der Waals surface area (Å²) >= 11 is 0. The molecule has 1 saturated heterocycles. The summed E-state index contributed by atoms with van der Waals surface area (Å²) < 4.78 is 32.3. The quantitative estimate of drug-likeness (QED) is 0.776. The van der Waals surface area contributed by atoms with Crippen molar-refractivity contribution < 1.29 is 17.9 Å². The van der Waals surface area contributed by atoms with Gasteiger partial charge in [0.1, 0.15) is 0 Å². The molecule has 130 valence electrons. The van der Waals surface area contributed by atoms with Gasteiger partial charge in [-0.2, -0.15) is 0 Å². The Morgan fingerprint density at radius 3 is 2.52 bits per heavy atom. The van der Waals surface area contributed by atoms with Crippen LogP contribution in [0.1, 0.15) is 30.1 Å². The van der Waals surface area contributed by atoms with Crippen LogP contribution in [0.25, 0.3) is 0 Å². The zero-order valence-corrected chi connectivity index (χ0v) is 14.9. The molecule has 1 heterocycles. The smallest absolute Gasteiger partial charge is 0.339 e. The molecule has 0 atom stereocenters. The van der Waals surface area contributed by atoms with E-state index in [2.05, 4.69) is 21.7 Å². The van der Waals surface area contributed by atoms with Crippen LogP contribution in [0.4, 0.5) is 0 Å². The van der Waals surface area contributed by atoms with Crippen molar-refractivity contribution >= 4 is 28.4 Å². The number of piperidine rings is 1. The second-order valence-electron chi connectivity index (χ2n) is 5.87. The summed E-state index contributed by atoms with van der Waals surface area (Å²) in [5.41, 5.74) is -0.0219. The van der Waals surface area contributed by atoms with Crippen LogP contribution in [0.15, 0.2) is 29.2 Å². The van der Waals surface area contributed by atoms with Crippen LogP contribution in [0.2, 0.25) is 0 Å². The monoisotopic (exact) mass is 362 g/mol. The van der Waals surface area contributed by atoms with E-state index >= 15 is 0 Å². The first kappa shape index (κ1) is 19.9. The number of esters is 1. The van der Waals surface area contributed by atoms with Gasteiger partial charge in [-0.25, -0.2) is 17.9 Å². The van der Waals surface area contributed by atoms with Crippen LogP contribution in [-0.4, -0.2) is 41.1 Å². The predicted molar refractivity (Wildman–Crippen MR) is 90.4 cm³/mol. The Labute approximate surface area is 143 Å². The summed E-state index contributed by atoms with van der Waals surface area (Å²) in [4.78, 5) is 11.7. The van der Waals surface area contributed by atoms with Gasteiger partial charge in [0.2, 0.25) is 10.0 Å². The Morgan fingerprint density at radius 1 is 1.30 bits per heavy atom. The van der Waals surface area contributed by atoms with E-state index in [1.807, 2.05) is 0 Å². The summed E-state index contributed by atoms with van der Waals surface area (Å²) in [6, 6.07) is 6.07. The number of sulfonamides is 1. The summed E-state index contributed by atoms with van der Waals surface area (Å²) in [6.07, 6.45) is 1.82. The third-order valence-electron chi connectivity index (χ3n) is 4.08. The number of carbonyl (C=O) groups excluding carboxylic acids is 1. The van der Waals surface area contributed by atoms with Gasteiger partial charge in [-0.15, -0.1) is 12.4 Å². The normalized spacial score (nSPS) is 17.1. The molecule has 6 nitrogen and oxygen atoms in total. The van der Waals surface area contributed by atoms with Crippen LogP contribution in [0.3, 0.4) is 0 Å². The summed E-state index contributed by atoms with van der Waals surface area (Å²) in [5, 5.41) is 3.26. The Morgan fingerprint density at radius 2 is 1.91 bits per heavy atom. The summed E-state index contributed by atoms with van der Waals surface area (Å²) in [7, 11) is -2.52. The van der Waals surface area contributed by atoms with Gasteiger partial charge >= 0.3 is 5.97 Å². The number of benzene rings is 1. The lowest BCUT2D eigenvalue weighted by atomic mass is 9.81. The maximum Gasteiger partial charge on any atom is 0.339 e. The number of carbonyl (C=O) groups is 1. The Hall–Kier alpha value is -1.15. The van der Waals surface area contributed by atoms with Crippen molar-refractivity contribution in [1.82, 2.24) is 10.0 Å². The Kier molecular flexibility index (Phi) is 7.01.